The minimum absolute atomic E-state index is 0.0298. The van der Waals surface area contributed by atoms with Crippen LogP contribution in [0.5, 0.6) is 0 Å². The monoisotopic (exact) mass is 323 g/mol. The van der Waals surface area contributed by atoms with Gasteiger partial charge in [0.05, 0.1) is 6.61 Å². The molecule has 0 heterocycles. The van der Waals surface area contributed by atoms with Gasteiger partial charge in [0.15, 0.2) is 0 Å². The molecular weight excluding hydrogens is 300 g/mol. The average molecular weight is 323 g/mol. The second-order valence-electron chi connectivity index (χ2n) is 7.02. The minimum atomic E-state index is -0.579. The summed E-state index contributed by atoms with van der Waals surface area (Å²) in [6, 6.07) is 3.79. The molecule has 1 aromatic carbocycles. The molecule has 2 fully saturated rings. The van der Waals surface area contributed by atoms with E-state index in [9.17, 15) is 18.7 Å². The highest BCUT2D eigenvalue weighted by Crippen LogP contribution is 2.49. The van der Waals surface area contributed by atoms with Gasteiger partial charge in [0, 0.05) is 29.4 Å². The number of hydrogen-bond donors (Lipinski definition) is 2. The van der Waals surface area contributed by atoms with Crippen molar-refractivity contribution >= 4 is 5.91 Å². The minimum Gasteiger partial charge on any atom is -0.396 e. The Balaban J connectivity index is 1.58. The molecule has 2 aliphatic rings. The molecular formula is C18H23F2NO2. The molecule has 3 rings (SSSR count). The molecule has 2 N–H and O–H groups in total. The lowest BCUT2D eigenvalue weighted by molar-refractivity contribution is -0.123. The number of nitrogens with one attached hydrogen (secondary N) is 1. The fraction of sp³-hybridized carbons (Fsp3) is 0.611. The number of aliphatic hydroxyl groups excluding tert-OH is 1. The Morgan fingerprint density at radius 3 is 2.48 bits per heavy atom. The molecule has 0 bridgehead atoms. The fourth-order valence-electron chi connectivity index (χ4n) is 3.77. The first kappa shape index (κ1) is 16.4. The average Bonchev–Trinajstić information content (AvgIpc) is 3.34. The van der Waals surface area contributed by atoms with Crippen molar-refractivity contribution in [3.05, 3.63) is 35.4 Å². The predicted octanol–water partition coefficient (Wildman–Crippen LogP) is 3.13. The zero-order valence-corrected chi connectivity index (χ0v) is 13.2. The summed E-state index contributed by atoms with van der Waals surface area (Å²) in [5, 5.41) is 12.6. The van der Waals surface area contributed by atoms with Crippen LogP contribution >= 0.6 is 0 Å². The smallest absolute Gasteiger partial charge is 0.223 e. The molecule has 126 valence electrons. The first-order valence-corrected chi connectivity index (χ1v) is 8.39. The van der Waals surface area contributed by atoms with Crippen molar-refractivity contribution in [3.8, 4) is 0 Å². The van der Waals surface area contributed by atoms with Crippen molar-refractivity contribution in [2.24, 2.45) is 11.3 Å². The quantitative estimate of drug-likeness (QED) is 0.875. The van der Waals surface area contributed by atoms with Crippen LogP contribution in [-0.2, 0) is 4.79 Å². The number of hydrogen-bond acceptors (Lipinski definition) is 2. The van der Waals surface area contributed by atoms with E-state index >= 15 is 0 Å². The van der Waals surface area contributed by atoms with Crippen molar-refractivity contribution in [3.63, 3.8) is 0 Å². The normalized spacial score (nSPS) is 25.9. The van der Waals surface area contributed by atoms with Crippen LogP contribution in [0.1, 0.15) is 50.0 Å². The topological polar surface area (TPSA) is 49.3 Å². The fourth-order valence-corrected chi connectivity index (χ4v) is 3.77. The Kier molecular flexibility index (Phi) is 4.67. The molecule has 0 aromatic heterocycles. The van der Waals surface area contributed by atoms with Gasteiger partial charge in [-0.3, -0.25) is 4.79 Å². The lowest BCUT2D eigenvalue weighted by atomic mass is 9.74. The second-order valence-corrected chi connectivity index (χ2v) is 7.02. The summed E-state index contributed by atoms with van der Waals surface area (Å²) in [5.74, 6) is -2.04. The van der Waals surface area contributed by atoms with Crippen LogP contribution in [0.15, 0.2) is 18.2 Å². The molecule has 23 heavy (non-hydrogen) atoms. The highest BCUT2D eigenvalue weighted by Gasteiger charge is 2.47. The molecule has 2 saturated carbocycles. The summed E-state index contributed by atoms with van der Waals surface area (Å²) >= 11 is 0. The number of carbonyl (C=O) groups excluding carboxylic acids is 1. The number of amides is 1. The van der Waals surface area contributed by atoms with E-state index < -0.39 is 11.6 Å². The maximum Gasteiger partial charge on any atom is 0.223 e. The van der Waals surface area contributed by atoms with E-state index in [0.29, 0.717) is 13.0 Å². The Morgan fingerprint density at radius 1 is 1.22 bits per heavy atom. The third-order valence-electron chi connectivity index (χ3n) is 5.38. The van der Waals surface area contributed by atoms with Gasteiger partial charge < -0.3 is 10.4 Å². The summed E-state index contributed by atoms with van der Waals surface area (Å²) in [6.45, 7) is 0.522. The second kappa shape index (κ2) is 6.56. The van der Waals surface area contributed by atoms with Crippen LogP contribution in [0, 0.1) is 23.0 Å². The Labute approximate surface area is 135 Å². The summed E-state index contributed by atoms with van der Waals surface area (Å²) < 4.78 is 27.5. The molecule has 1 aromatic rings. The lowest BCUT2D eigenvalue weighted by Gasteiger charge is -2.35. The lowest BCUT2D eigenvalue weighted by Crippen LogP contribution is -2.42. The van der Waals surface area contributed by atoms with Crippen LogP contribution in [0.25, 0.3) is 0 Å². The standard InChI is InChI=1S/C18H23F2NO2/c19-14-5-4-6-15(20)16(14)12-9-13(12)17(23)21-10-18(11-22)7-2-1-3-8-18/h4-6,12-13,22H,1-3,7-11H2,(H,21,23)/t12-,13+/m0/s1. The first-order chi connectivity index (χ1) is 11.1. The van der Waals surface area contributed by atoms with Crippen molar-refractivity contribution in [2.75, 3.05) is 13.2 Å². The van der Waals surface area contributed by atoms with Crippen molar-refractivity contribution in [1.29, 1.82) is 0 Å². The van der Waals surface area contributed by atoms with E-state index in [1.807, 2.05) is 0 Å². The molecule has 0 saturated heterocycles. The maximum atomic E-state index is 13.8. The van der Waals surface area contributed by atoms with Crippen LogP contribution < -0.4 is 5.32 Å². The van der Waals surface area contributed by atoms with Gasteiger partial charge in [-0.25, -0.2) is 8.78 Å². The molecule has 1 amide bonds. The summed E-state index contributed by atoms with van der Waals surface area (Å²) in [6.07, 6.45) is 5.63. The molecule has 3 nitrogen and oxygen atoms in total. The molecule has 2 atom stereocenters. The van der Waals surface area contributed by atoms with Crippen molar-refractivity contribution in [1.82, 2.24) is 5.32 Å². The van der Waals surface area contributed by atoms with Gasteiger partial charge in [-0.15, -0.1) is 0 Å². The van der Waals surface area contributed by atoms with Crippen LogP contribution in [0.2, 0.25) is 0 Å². The third-order valence-corrected chi connectivity index (χ3v) is 5.38. The van der Waals surface area contributed by atoms with Crippen LogP contribution in [0.4, 0.5) is 8.78 Å². The number of carbonyl (C=O) groups is 1. The van der Waals surface area contributed by atoms with E-state index in [1.54, 1.807) is 0 Å². The molecule has 0 unspecified atom stereocenters. The Morgan fingerprint density at radius 2 is 1.87 bits per heavy atom. The van der Waals surface area contributed by atoms with Crippen molar-refractivity contribution < 1.29 is 18.7 Å². The molecule has 0 aliphatic heterocycles. The van der Waals surface area contributed by atoms with Gasteiger partial charge in [0.1, 0.15) is 11.6 Å². The SMILES string of the molecule is O=C(NCC1(CO)CCCCC1)[C@@H]1C[C@@H]1c1c(F)cccc1F. The predicted molar refractivity (Wildman–Crippen MR) is 82.8 cm³/mol. The zero-order valence-electron chi connectivity index (χ0n) is 13.2. The van der Waals surface area contributed by atoms with Gasteiger partial charge in [0.25, 0.3) is 0 Å². The van der Waals surface area contributed by atoms with E-state index in [-0.39, 0.29) is 35.3 Å². The van der Waals surface area contributed by atoms with E-state index in [0.717, 1.165) is 25.7 Å². The highest BCUT2D eigenvalue weighted by atomic mass is 19.1. The van der Waals surface area contributed by atoms with E-state index in [4.69, 9.17) is 0 Å². The maximum absolute atomic E-state index is 13.8. The Hall–Kier alpha value is -1.49. The summed E-state index contributed by atoms with van der Waals surface area (Å²) in [4.78, 5) is 12.3. The van der Waals surface area contributed by atoms with Gasteiger partial charge in [-0.05, 0) is 31.4 Å². The number of halogens is 2. The zero-order chi connectivity index (χ0) is 16.4. The molecule has 0 radical (unpaired) electrons. The number of aliphatic hydroxyl groups is 1. The molecule has 2 aliphatic carbocycles. The summed E-state index contributed by atoms with van der Waals surface area (Å²) in [5.41, 5.74) is -0.191. The Bertz CT molecular complexity index is 564. The van der Waals surface area contributed by atoms with Gasteiger partial charge >= 0.3 is 0 Å². The van der Waals surface area contributed by atoms with Crippen LogP contribution in [0.3, 0.4) is 0 Å². The van der Waals surface area contributed by atoms with Gasteiger partial charge in [0.2, 0.25) is 5.91 Å². The first-order valence-electron chi connectivity index (χ1n) is 8.39. The van der Waals surface area contributed by atoms with Gasteiger partial charge in [-0.1, -0.05) is 25.3 Å². The largest absolute Gasteiger partial charge is 0.396 e. The van der Waals surface area contributed by atoms with E-state index in [2.05, 4.69) is 5.32 Å². The summed E-state index contributed by atoms with van der Waals surface area (Å²) in [7, 11) is 0. The number of benzene rings is 1. The highest BCUT2D eigenvalue weighted by molar-refractivity contribution is 5.83. The molecule has 0 spiro atoms. The van der Waals surface area contributed by atoms with Crippen molar-refractivity contribution in [2.45, 2.75) is 44.4 Å². The molecule has 5 heteroatoms. The number of rotatable bonds is 5. The third kappa shape index (κ3) is 3.39. The van der Waals surface area contributed by atoms with Crippen LogP contribution in [-0.4, -0.2) is 24.2 Å². The van der Waals surface area contributed by atoms with E-state index in [1.165, 1.54) is 24.6 Å². The van der Waals surface area contributed by atoms with Gasteiger partial charge in [-0.2, -0.15) is 0 Å².